The van der Waals surface area contributed by atoms with Crippen LogP contribution in [0, 0.1) is 0 Å². The number of likely N-dealkylation sites (N-methyl/N-ethyl adjacent to an activating group) is 1. The number of anilines is 1. The number of thiocarbonyl (C=S) groups is 1. The highest BCUT2D eigenvalue weighted by Crippen LogP contribution is 2.24. The minimum atomic E-state index is -0.386. The van der Waals surface area contributed by atoms with Crippen LogP contribution in [0.1, 0.15) is 40.1 Å². The summed E-state index contributed by atoms with van der Waals surface area (Å²) in [7, 11) is 0. The van der Waals surface area contributed by atoms with E-state index >= 15 is 0 Å². The largest absolute Gasteiger partial charge is 0.492 e. The maximum absolute atomic E-state index is 13.0. The first kappa shape index (κ1) is 29.3. The van der Waals surface area contributed by atoms with Gasteiger partial charge in [0.05, 0.1) is 12.2 Å². The Bertz CT molecular complexity index is 1220. The Morgan fingerprint density at radius 3 is 2.34 bits per heavy atom. The molecule has 7 nitrogen and oxygen atoms in total. The van der Waals surface area contributed by atoms with Crippen molar-refractivity contribution in [2.75, 3.05) is 38.1 Å². The second kappa shape index (κ2) is 15.2. The van der Waals surface area contributed by atoms with Crippen LogP contribution in [0.4, 0.5) is 5.69 Å². The Balaban J connectivity index is 1.52. The van der Waals surface area contributed by atoms with Crippen molar-refractivity contribution in [3.05, 3.63) is 94.0 Å². The van der Waals surface area contributed by atoms with Gasteiger partial charge in [-0.05, 0) is 73.3 Å². The molecular weight excluding hydrogens is 564 g/mol. The molecular formula is C29H33BrN4O3S. The Labute approximate surface area is 238 Å². The molecule has 0 saturated carbocycles. The van der Waals surface area contributed by atoms with Crippen LogP contribution in [-0.4, -0.2) is 54.6 Å². The summed E-state index contributed by atoms with van der Waals surface area (Å²) < 4.78 is 6.67. The molecule has 200 valence electrons. The highest BCUT2D eigenvalue weighted by Gasteiger charge is 2.15. The summed E-state index contributed by atoms with van der Waals surface area (Å²) >= 11 is 8.77. The molecule has 38 heavy (non-hydrogen) atoms. The van der Waals surface area contributed by atoms with Crippen molar-refractivity contribution in [1.29, 1.82) is 0 Å². The smallest absolute Gasteiger partial charge is 0.261 e. The summed E-state index contributed by atoms with van der Waals surface area (Å²) in [5, 5.41) is 8.77. The van der Waals surface area contributed by atoms with Crippen LogP contribution in [0.25, 0.3) is 0 Å². The van der Waals surface area contributed by atoms with Gasteiger partial charge in [-0.15, -0.1) is 0 Å². The van der Waals surface area contributed by atoms with Crippen LogP contribution in [0.2, 0.25) is 0 Å². The third kappa shape index (κ3) is 9.24. The molecule has 3 N–H and O–H groups in total. The van der Waals surface area contributed by atoms with Crippen molar-refractivity contribution in [1.82, 2.24) is 15.5 Å². The Kier molecular flexibility index (Phi) is 11.7. The van der Waals surface area contributed by atoms with Gasteiger partial charge in [-0.2, -0.15) is 0 Å². The lowest BCUT2D eigenvalue weighted by Crippen LogP contribution is -2.35. The molecule has 2 amide bonds. The lowest BCUT2D eigenvalue weighted by molar-refractivity contribution is 0.0946. The zero-order chi connectivity index (χ0) is 27.3. The fraction of sp³-hybridized carbons (Fsp3) is 0.276. The monoisotopic (exact) mass is 596 g/mol. The number of nitrogens with zero attached hydrogens (tertiary/aromatic N) is 1. The number of amides is 2. The molecule has 3 aromatic rings. The van der Waals surface area contributed by atoms with Gasteiger partial charge in [-0.1, -0.05) is 60.1 Å². The van der Waals surface area contributed by atoms with E-state index in [1.54, 1.807) is 36.4 Å². The van der Waals surface area contributed by atoms with Gasteiger partial charge in [0.2, 0.25) is 0 Å². The summed E-state index contributed by atoms with van der Waals surface area (Å²) in [5.41, 5.74) is 2.73. The number of hydrogen-bond donors (Lipinski definition) is 3. The van der Waals surface area contributed by atoms with E-state index in [2.05, 4.69) is 50.6 Å². The highest BCUT2D eigenvalue weighted by atomic mass is 79.9. The molecule has 9 heteroatoms. The maximum atomic E-state index is 13.0. The molecule has 0 aromatic heterocycles. The van der Waals surface area contributed by atoms with E-state index in [0.29, 0.717) is 35.7 Å². The Morgan fingerprint density at radius 1 is 0.947 bits per heavy atom. The number of rotatable bonds is 12. The van der Waals surface area contributed by atoms with E-state index < -0.39 is 0 Å². The first-order chi connectivity index (χ1) is 18.4. The summed E-state index contributed by atoms with van der Waals surface area (Å²) in [5.74, 6) is -0.0439. The number of benzene rings is 3. The summed E-state index contributed by atoms with van der Waals surface area (Å²) in [4.78, 5) is 27.6. The third-order valence-electron chi connectivity index (χ3n) is 5.92. The molecule has 0 aliphatic carbocycles. The third-order valence-corrected chi connectivity index (χ3v) is 6.61. The fourth-order valence-corrected chi connectivity index (χ4v) is 4.31. The summed E-state index contributed by atoms with van der Waals surface area (Å²) in [6, 6.07) is 22.2. The molecule has 0 aliphatic rings. The van der Waals surface area contributed by atoms with Crippen molar-refractivity contribution in [2.45, 2.75) is 20.3 Å². The molecule has 0 spiro atoms. The van der Waals surface area contributed by atoms with Crippen molar-refractivity contribution < 1.29 is 14.3 Å². The second-order valence-electron chi connectivity index (χ2n) is 8.49. The van der Waals surface area contributed by atoms with Gasteiger partial charge in [0, 0.05) is 35.2 Å². The zero-order valence-corrected chi connectivity index (χ0v) is 24.0. The van der Waals surface area contributed by atoms with Crippen molar-refractivity contribution in [2.24, 2.45) is 0 Å². The van der Waals surface area contributed by atoms with Crippen LogP contribution < -0.4 is 20.7 Å². The van der Waals surface area contributed by atoms with E-state index in [0.717, 1.165) is 36.1 Å². The van der Waals surface area contributed by atoms with Crippen LogP contribution in [0.15, 0.2) is 77.3 Å². The number of carbonyl (C=O) groups excluding carboxylic acids is 2. The van der Waals surface area contributed by atoms with Gasteiger partial charge in [0.1, 0.15) is 5.75 Å². The predicted octanol–water partition coefficient (Wildman–Crippen LogP) is 5.27. The molecule has 0 saturated heterocycles. The summed E-state index contributed by atoms with van der Waals surface area (Å²) in [6.07, 6.45) is 0.724. The van der Waals surface area contributed by atoms with Gasteiger partial charge in [0.25, 0.3) is 11.8 Å². The van der Waals surface area contributed by atoms with E-state index in [1.807, 2.05) is 36.4 Å². The normalized spacial score (nSPS) is 10.6. The van der Waals surface area contributed by atoms with Crippen molar-refractivity contribution in [3.8, 4) is 5.75 Å². The van der Waals surface area contributed by atoms with Crippen LogP contribution in [-0.2, 0) is 6.42 Å². The standard InChI is InChI=1S/C29H33BrN4O3S/c1-3-34(4-2)18-17-31-27(35)22-10-13-24(14-11-22)32-29(38)33-28(36)25-20-23(30)12-15-26(25)37-19-16-21-8-6-5-7-9-21/h5-15,20H,3-4,16-19H2,1-2H3,(H,31,35)(H2,32,33,36,38). The summed E-state index contributed by atoms with van der Waals surface area (Å²) in [6.45, 7) is 7.93. The molecule has 0 bridgehead atoms. The Hall–Kier alpha value is -3.27. The SMILES string of the molecule is CCN(CC)CCNC(=O)c1ccc(NC(=S)NC(=O)c2cc(Br)ccc2OCCc2ccccc2)cc1. The van der Waals surface area contributed by atoms with Crippen LogP contribution in [0.3, 0.4) is 0 Å². The van der Waals surface area contributed by atoms with E-state index in [4.69, 9.17) is 17.0 Å². The Morgan fingerprint density at radius 2 is 1.66 bits per heavy atom. The molecule has 0 radical (unpaired) electrons. The van der Waals surface area contributed by atoms with E-state index in [1.165, 1.54) is 0 Å². The van der Waals surface area contributed by atoms with Gasteiger partial charge >= 0.3 is 0 Å². The first-order valence-electron chi connectivity index (χ1n) is 12.6. The van der Waals surface area contributed by atoms with Gasteiger partial charge in [-0.25, -0.2) is 0 Å². The molecule has 0 aliphatic heterocycles. The minimum absolute atomic E-state index is 0.131. The van der Waals surface area contributed by atoms with Gasteiger partial charge < -0.3 is 20.3 Å². The molecule has 3 rings (SSSR count). The fourth-order valence-electron chi connectivity index (χ4n) is 3.74. The average Bonchev–Trinajstić information content (AvgIpc) is 2.92. The van der Waals surface area contributed by atoms with Crippen LogP contribution >= 0.6 is 28.1 Å². The predicted molar refractivity (Wildman–Crippen MR) is 160 cm³/mol. The maximum Gasteiger partial charge on any atom is 0.261 e. The van der Waals surface area contributed by atoms with Crippen LogP contribution in [0.5, 0.6) is 5.75 Å². The molecule has 0 heterocycles. The number of ether oxygens (including phenoxy) is 1. The van der Waals surface area contributed by atoms with Gasteiger partial charge in [-0.3, -0.25) is 14.9 Å². The number of carbonyl (C=O) groups is 2. The van der Waals surface area contributed by atoms with Gasteiger partial charge in [0.15, 0.2) is 5.11 Å². The van der Waals surface area contributed by atoms with Crippen molar-refractivity contribution in [3.63, 3.8) is 0 Å². The molecule has 0 atom stereocenters. The molecule has 0 unspecified atom stereocenters. The number of nitrogens with one attached hydrogen (secondary N) is 3. The number of hydrogen-bond acceptors (Lipinski definition) is 5. The number of halogens is 1. The quantitative estimate of drug-likeness (QED) is 0.247. The second-order valence-corrected chi connectivity index (χ2v) is 9.82. The zero-order valence-electron chi connectivity index (χ0n) is 21.6. The molecule has 3 aromatic carbocycles. The average molecular weight is 598 g/mol. The minimum Gasteiger partial charge on any atom is -0.492 e. The van der Waals surface area contributed by atoms with Crippen molar-refractivity contribution >= 4 is 50.8 Å². The first-order valence-corrected chi connectivity index (χ1v) is 13.8. The molecule has 0 fully saturated rings. The topological polar surface area (TPSA) is 82.7 Å². The lowest BCUT2D eigenvalue weighted by Gasteiger charge is -2.18. The lowest BCUT2D eigenvalue weighted by atomic mass is 10.1. The van der Waals surface area contributed by atoms with E-state index in [-0.39, 0.29) is 16.9 Å². The van der Waals surface area contributed by atoms with E-state index in [9.17, 15) is 9.59 Å². The highest BCUT2D eigenvalue weighted by molar-refractivity contribution is 9.10.